The first-order valence-electron chi connectivity index (χ1n) is 5.44. The Morgan fingerprint density at radius 1 is 1.27 bits per heavy atom. The van der Waals surface area contributed by atoms with E-state index in [2.05, 4.69) is 0 Å². The quantitative estimate of drug-likeness (QED) is 0.743. The van der Waals surface area contributed by atoms with Crippen molar-refractivity contribution in [2.24, 2.45) is 0 Å². The van der Waals surface area contributed by atoms with Crippen LogP contribution in [0.2, 0.25) is 0 Å². The van der Waals surface area contributed by atoms with Crippen molar-refractivity contribution in [1.29, 1.82) is 0 Å². The fraction of sp³-hybridized carbons (Fsp3) is 0.462. The molecule has 0 heterocycles. The number of rotatable bonds is 3. The maximum Gasteiger partial charge on any atom is 0.254 e. The van der Waals surface area contributed by atoms with Crippen LogP contribution in [0.25, 0.3) is 0 Å². The van der Waals surface area contributed by atoms with Crippen molar-refractivity contribution >= 4 is 5.91 Å². The number of carbonyl (C=O) groups is 1. The molecule has 0 aromatic heterocycles. The Hall–Kier alpha value is -1.31. The molecule has 0 fully saturated rings. The highest BCUT2D eigenvalue weighted by Crippen LogP contribution is 2.09. The van der Waals surface area contributed by atoms with Gasteiger partial charge in [0.05, 0.1) is 0 Å². The molecule has 2 nitrogen and oxygen atoms in total. The van der Waals surface area contributed by atoms with Crippen molar-refractivity contribution in [1.82, 2.24) is 4.90 Å². The van der Waals surface area contributed by atoms with Crippen LogP contribution in [0.1, 0.15) is 36.7 Å². The Morgan fingerprint density at radius 3 is 2.20 bits per heavy atom. The summed E-state index contributed by atoms with van der Waals surface area (Å²) in [4.78, 5) is 13.9. The standard InChI is InChI=1S/C13H19NO/c1-5-14(10(2)3)13(15)12-8-6-11(4)7-9-12/h6-10H,5H2,1-4H3. The predicted octanol–water partition coefficient (Wildman–Crippen LogP) is 2.87. The molecule has 0 spiro atoms. The third-order valence-electron chi connectivity index (χ3n) is 2.52. The normalized spacial score (nSPS) is 10.5. The Balaban J connectivity index is 2.88. The Morgan fingerprint density at radius 2 is 1.80 bits per heavy atom. The number of amides is 1. The SMILES string of the molecule is CCN(C(=O)c1ccc(C)cc1)C(C)C. The maximum atomic E-state index is 12.1. The van der Waals surface area contributed by atoms with Gasteiger partial charge in [-0.25, -0.2) is 0 Å². The highest BCUT2D eigenvalue weighted by molar-refractivity contribution is 5.94. The van der Waals surface area contributed by atoms with Crippen molar-refractivity contribution < 1.29 is 4.79 Å². The van der Waals surface area contributed by atoms with E-state index >= 15 is 0 Å². The van der Waals surface area contributed by atoms with E-state index in [-0.39, 0.29) is 11.9 Å². The predicted molar refractivity (Wildman–Crippen MR) is 63.0 cm³/mol. The van der Waals surface area contributed by atoms with Crippen molar-refractivity contribution in [3.63, 3.8) is 0 Å². The minimum atomic E-state index is 0.118. The van der Waals surface area contributed by atoms with Crippen LogP contribution in [-0.2, 0) is 0 Å². The zero-order chi connectivity index (χ0) is 11.4. The number of nitrogens with zero attached hydrogens (tertiary/aromatic N) is 1. The van der Waals surface area contributed by atoms with Gasteiger partial charge in [0.1, 0.15) is 0 Å². The number of hydrogen-bond donors (Lipinski definition) is 0. The van der Waals surface area contributed by atoms with Crippen molar-refractivity contribution in [2.45, 2.75) is 33.7 Å². The molecule has 82 valence electrons. The van der Waals surface area contributed by atoms with Gasteiger partial charge in [0.15, 0.2) is 0 Å². The smallest absolute Gasteiger partial charge is 0.254 e. The van der Waals surface area contributed by atoms with Crippen LogP contribution in [0.3, 0.4) is 0 Å². The molecule has 0 saturated carbocycles. The summed E-state index contributed by atoms with van der Waals surface area (Å²) in [5, 5.41) is 0. The Kier molecular flexibility index (Phi) is 3.89. The summed E-state index contributed by atoms with van der Waals surface area (Å²) in [6, 6.07) is 7.98. The topological polar surface area (TPSA) is 20.3 Å². The highest BCUT2D eigenvalue weighted by atomic mass is 16.2. The van der Waals surface area contributed by atoms with E-state index < -0.39 is 0 Å². The van der Waals surface area contributed by atoms with Crippen LogP contribution < -0.4 is 0 Å². The summed E-state index contributed by atoms with van der Waals surface area (Å²) >= 11 is 0. The fourth-order valence-electron chi connectivity index (χ4n) is 1.61. The second-order valence-electron chi connectivity index (χ2n) is 4.05. The Bertz CT molecular complexity index is 327. The molecule has 15 heavy (non-hydrogen) atoms. The molecule has 1 rings (SSSR count). The Labute approximate surface area is 91.9 Å². The minimum Gasteiger partial charge on any atom is -0.337 e. The van der Waals surface area contributed by atoms with Gasteiger partial charge in [-0.3, -0.25) is 4.79 Å². The zero-order valence-corrected chi connectivity index (χ0v) is 9.95. The van der Waals surface area contributed by atoms with E-state index in [4.69, 9.17) is 0 Å². The van der Waals surface area contributed by atoms with Crippen LogP contribution >= 0.6 is 0 Å². The average Bonchev–Trinajstić information content (AvgIpc) is 2.19. The first kappa shape index (κ1) is 11.8. The van der Waals surface area contributed by atoms with E-state index in [0.717, 1.165) is 12.1 Å². The monoisotopic (exact) mass is 205 g/mol. The number of aryl methyl sites for hydroxylation is 1. The van der Waals surface area contributed by atoms with E-state index in [9.17, 15) is 4.79 Å². The average molecular weight is 205 g/mol. The maximum absolute atomic E-state index is 12.1. The molecule has 0 aliphatic carbocycles. The lowest BCUT2D eigenvalue weighted by Crippen LogP contribution is -2.36. The van der Waals surface area contributed by atoms with Crippen LogP contribution in [0, 0.1) is 6.92 Å². The molecular weight excluding hydrogens is 186 g/mol. The molecule has 1 aromatic rings. The van der Waals surface area contributed by atoms with Crippen LogP contribution in [0.5, 0.6) is 0 Å². The second kappa shape index (κ2) is 4.96. The van der Waals surface area contributed by atoms with Gasteiger partial charge in [-0.15, -0.1) is 0 Å². The fourth-order valence-corrected chi connectivity index (χ4v) is 1.61. The van der Waals surface area contributed by atoms with E-state index in [1.165, 1.54) is 5.56 Å². The van der Waals surface area contributed by atoms with E-state index in [0.29, 0.717) is 0 Å². The summed E-state index contributed by atoms with van der Waals surface area (Å²) < 4.78 is 0. The van der Waals surface area contributed by atoms with Gasteiger partial charge < -0.3 is 4.90 Å². The first-order chi connectivity index (χ1) is 7.06. The molecule has 0 radical (unpaired) electrons. The molecule has 1 amide bonds. The number of carbonyl (C=O) groups excluding carboxylic acids is 1. The van der Waals surface area contributed by atoms with Crippen molar-refractivity contribution in [3.8, 4) is 0 Å². The molecule has 0 N–H and O–H groups in total. The third-order valence-corrected chi connectivity index (χ3v) is 2.52. The van der Waals surface area contributed by atoms with Gasteiger partial charge in [0.25, 0.3) is 5.91 Å². The lowest BCUT2D eigenvalue weighted by Gasteiger charge is -2.25. The van der Waals surface area contributed by atoms with Crippen molar-refractivity contribution in [3.05, 3.63) is 35.4 Å². The summed E-state index contributed by atoms with van der Waals surface area (Å²) in [5.41, 5.74) is 1.95. The van der Waals surface area contributed by atoms with Crippen LogP contribution in [-0.4, -0.2) is 23.4 Å². The molecule has 0 saturated heterocycles. The van der Waals surface area contributed by atoms with E-state index in [1.54, 1.807) is 0 Å². The van der Waals surface area contributed by atoms with Gasteiger partial charge >= 0.3 is 0 Å². The summed E-state index contributed by atoms with van der Waals surface area (Å²) in [6.45, 7) is 8.86. The largest absolute Gasteiger partial charge is 0.337 e. The van der Waals surface area contributed by atoms with Gasteiger partial charge in [-0.05, 0) is 39.8 Å². The molecule has 0 unspecified atom stereocenters. The summed E-state index contributed by atoms with van der Waals surface area (Å²) in [7, 11) is 0. The van der Waals surface area contributed by atoms with Crippen LogP contribution in [0.15, 0.2) is 24.3 Å². The molecular formula is C13H19NO. The number of benzene rings is 1. The van der Waals surface area contributed by atoms with Gasteiger partial charge in [0, 0.05) is 18.2 Å². The summed E-state index contributed by atoms with van der Waals surface area (Å²) in [5.74, 6) is 0.118. The van der Waals surface area contributed by atoms with Gasteiger partial charge in [-0.1, -0.05) is 17.7 Å². The molecule has 0 aliphatic heterocycles. The van der Waals surface area contributed by atoms with Gasteiger partial charge in [0.2, 0.25) is 0 Å². The lowest BCUT2D eigenvalue weighted by atomic mass is 10.1. The number of hydrogen-bond acceptors (Lipinski definition) is 1. The highest BCUT2D eigenvalue weighted by Gasteiger charge is 2.16. The van der Waals surface area contributed by atoms with Crippen molar-refractivity contribution in [2.75, 3.05) is 6.54 Å². The molecule has 0 aliphatic rings. The molecule has 0 atom stereocenters. The third kappa shape index (κ3) is 2.82. The van der Waals surface area contributed by atoms with Gasteiger partial charge in [-0.2, -0.15) is 0 Å². The second-order valence-corrected chi connectivity index (χ2v) is 4.05. The lowest BCUT2D eigenvalue weighted by molar-refractivity contribution is 0.0717. The minimum absolute atomic E-state index is 0.118. The zero-order valence-electron chi connectivity index (χ0n) is 9.95. The van der Waals surface area contributed by atoms with E-state index in [1.807, 2.05) is 56.9 Å². The van der Waals surface area contributed by atoms with Crippen LogP contribution in [0.4, 0.5) is 0 Å². The molecule has 1 aromatic carbocycles. The molecule has 2 heteroatoms. The first-order valence-corrected chi connectivity index (χ1v) is 5.44. The molecule has 0 bridgehead atoms. The summed E-state index contributed by atoms with van der Waals surface area (Å²) in [6.07, 6.45) is 0.